The van der Waals surface area contributed by atoms with Crippen molar-refractivity contribution in [3.8, 4) is 0 Å². The standard InChI is InChI=1S/C30H33N3O2/c1-22-15-16-23(2)27(17-22)19-33(24(3)26-13-9-6-10-14-26)20-29-31-28(21-35-29)30(34)32(4)18-25-11-7-5-8-12-25/h5-17,21,24H,18-20H2,1-4H3/t24-/m1/s1. The van der Waals surface area contributed by atoms with Crippen LogP contribution in [0, 0.1) is 13.8 Å². The smallest absolute Gasteiger partial charge is 0.275 e. The van der Waals surface area contributed by atoms with Gasteiger partial charge in [-0.2, -0.15) is 0 Å². The van der Waals surface area contributed by atoms with E-state index in [0.29, 0.717) is 24.7 Å². The van der Waals surface area contributed by atoms with Crippen molar-refractivity contribution in [3.05, 3.63) is 125 Å². The molecule has 3 aromatic carbocycles. The molecule has 180 valence electrons. The van der Waals surface area contributed by atoms with Crippen LogP contribution in [0.2, 0.25) is 0 Å². The molecule has 4 rings (SSSR count). The van der Waals surface area contributed by atoms with Gasteiger partial charge >= 0.3 is 0 Å². The summed E-state index contributed by atoms with van der Waals surface area (Å²) in [6, 6.07) is 27.1. The Bertz CT molecular complexity index is 1250. The highest BCUT2D eigenvalue weighted by Crippen LogP contribution is 2.26. The van der Waals surface area contributed by atoms with E-state index < -0.39 is 0 Å². The highest BCUT2D eigenvalue weighted by molar-refractivity contribution is 5.91. The van der Waals surface area contributed by atoms with Crippen LogP contribution in [-0.2, 0) is 19.6 Å². The van der Waals surface area contributed by atoms with Gasteiger partial charge in [0.15, 0.2) is 5.69 Å². The summed E-state index contributed by atoms with van der Waals surface area (Å²) >= 11 is 0. The van der Waals surface area contributed by atoms with Crippen LogP contribution < -0.4 is 0 Å². The average molecular weight is 468 g/mol. The lowest BCUT2D eigenvalue weighted by Crippen LogP contribution is -2.28. The Labute approximate surface area is 208 Å². The van der Waals surface area contributed by atoms with E-state index in [2.05, 4.69) is 73.1 Å². The van der Waals surface area contributed by atoms with Crippen LogP contribution in [0.15, 0.2) is 89.5 Å². The van der Waals surface area contributed by atoms with Crippen molar-refractivity contribution in [3.63, 3.8) is 0 Å². The molecule has 0 bridgehead atoms. The first-order valence-corrected chi connectivity index (χ1v) is 12.0. The molecule has 1 aromatic heterocycles. The largest absolute Gasteiger partial charge is 0.447 e. The minimum absolute atomic E-state index is 0.142. The van der Waals surface area contributed by atoms with E-state index in [-0.39, 0.29) is 11.9 Å². The Kier molecular flexibility index (Phi) is 7.78. The summed E-state index contributed by atoms with van der Waals surface area (Å²) in [5.74, 6) is 0.385. The van der Waals surface area contributed by atoms with Crippen molar-refractivity contribution in [2.24, 2.45) is 0 Å². The van der Waals surface area contributed by atoms with Crippen LogP contribution in [0.4, 0.5) is 0 Å². The number of amides is 1. The zero-order valence-corrected chi connectivity index (χ0v) is 20.9. The first-order valence-electron chi connectivity index (χ1n) is 12.0. The number of benzene rings is 3. The number of hydrogen-bond acceptors (Lipinski definition) is 4. The summed E-state index contributed by atoms with van der Waals surface area (Å²) in [7, 11) is 1.79. The van der Waals surface area contributed by atoms with E-state index in [9.17, 15) is 4.79 Å². The van der Waals surface area contributed by atoms with Crippen molar-refractivity contribution in [1.82, 2.24) is 14.8 Å². The molecule has 1 heterocycles. The molecule has 0 N–H and O–H groups in total. The molecule has 0 aliphatic carbocycles. The summed E-state index contributed by atoms with van der Waals surface area (Å²) < 4.78 is 5.79. The van der Waals surface area contributed by atoms with E-state index in [0.717, 1.165) is 12.1 Å². The Morgan fingerprint density at radius 3 is 2.31 bits per heavy atom. The van der Waals surface area contributed by atoms with Gasteiger partial charge in [-0.1, -0.05) is 84.4 Å². The predicted octanol–water partition coefficient (Wildman–Crippen LogP) is 6.33. The van der Waals surface area contributed by atoms with Gasteiger partial charge < -0.3 is 9.32 Å². The maximum Gasteiger partial charge on any atom is 0.275 e. The van der Waals surface area contributed by atoms with Crippen LogP contribution in [0.25, 0.3) is 0 Å². The summed E-state index contributed by atoms with van der Waals surface area (Å²) in [6.07, 6.45) is 1.47. The maximum absolute atomic E-state index is 13.0. The lowest BCUT2D eigenvalue weighted by molar-refractivity contribution is 0.0779. The summed E-state index contributed by atoms with van der Waals surface area (Å²) in [5.41, 5.74) is 6.40. The van der Waals surface area contributed by atoms with Gasteiger partial charge in [0.05, 0.1) is 6.54 Å². The van der Waals surface area contributed by atoms with E-state index in [4.69, 9.17) is 4.42 Å². The Morgan fingerprint density at radius 2 is 1.60 bits per heavy atom. The summed E-state index contributed by atoms with van der Waals surface area (Å²) in [5, 5.41) is 0. The third kappa shape index (κ3) is 6.25. The number of carbonyl (C=O) groups is 1. The molecule has 35 heavy (non-hydrogen) atoms. The highest BCUT2D eigenvalue weighted by atomic mass is 16.3. The lowest BCUT2D eigenvalue weighted by Gasteiger charge is -2.29. The Balaban J connectivity index is 1.53. The fourth-order valence-corrected chi connectivity index (χ4v) is 4.24. The average Bonchev–Trinajstić information content (AvgIpc) is 3.34. The maximum atomic E-state index is 13.0. The van der Waals surface area contributed by atoms with Crippen LogP contribution >= 0.6 is 0 Å². The van der Waals surface area contributed by atoms with Gasteiger partial charge in [-0.15, -0.1) is 0 Å². The van der Waals surface area contributed by atoms with Crippen molar-refractivity contribution < 1.29 is 9.21 Å². The zero-order chi connectivity index (χ0) is 24.8. The number of aryl methyl sites for hydroxylation is 2. The molecule has 5 nitrogen and oxygen atoms in total. The van der Waals surface area contributed by atoms with E-state index in [1.807, 2.05) is 36.4 Å². The summed E-state index contributed by atoms with van der Waals surface area (Å²) in [4.78, 5) is 21.5. The lowest BCUT2D eigenvalue weighted by atomic mass is 10.0. The first-order chi connectivity index (χ1) is 16.9. The first kappa shape index (κ1) is 24.4. The molecule has 0 fully saturated rings. The minimum atomic E-state index is -0.152. The molecular formula is C30H33N3O2. The van der Waals surface area contributed by atoms with Gasteiger partial charge in [-0.3, -0.25) is 9.69 Å². The van der Waals surface area contributed by atoms with Crippen molar-refractivity contribution in [2.45, 2.75) is 46.4 Å². The highest BCUT2D eigenvalue weighted by Gasteiger charge is 2.22. The van der Waals surface area contributed by atoms with Gasteiger partial charge in [-0.05, 0) is 43.0 Å². The zero-order valence-electron chi connectivity index (χ0n) is 20.9. The van der Waals surface area contributed by atoms with Crippen LogP contribution in [0.5, 0.6) is 0 Å². The van der Waals surface area contributed by atoms with Crippen LogP contribution in [0.3, 0.4) is 0 Å². The number of aromatic nitrogens is 1. The quantitative estimate of drug-likeness (QED) is 0.289. The van der Waals surface area contributed by atoms with Gasteiger partial charge in [-0.25, -0.2) is 4.98 Å². The van der Waals surface area contributed by atoms with Gasteiger partial charge in [0, 0.05) is 26.2 Å². The molecular weight excluding hydrogens is 434 g/mol. The van der Waals surface area contributed by atoms with E-state index in [1.165, 1.54) is 28.5 Å². The SMILES string of the molecule is Cc1ccc(C)c(CN(Cc2nc(C(=O)N(C)Cc3ccccc3)co2)[C@H](C)c2ccccc2)c1. The number of rotatable bonds is 9. The molecule has 0 aliphatic heterocycles. The molecule has 0 saturated heterocycles. The fraction of sp³-hybridized carbons (Fsp3) is 0.267. The second-order valence-electron chi connectivity index (χ2n) is 9.19. The van der Waals surface area contributed by atoms with Gasteiger partial charge in [0.25, 0.3) is 5.91 Å². The monoisotopic (exact) mass is 467 g/mol. The summed E-state index contributed by atoms with van der Waals surface area (Å²) in [6.45, 7) is 8.23. The molecule has 0 radical (unpaired) electrons. The molecule has 5 heteroatoms. The van der Waals surface area contributed by atoms with Crippen LogP contribution in [-0.4, -0.2) is 27.7 Å². The topological polar surface area (TPSA) is 49.6 Å². The molecule has 1 atom stereocenters. The van der Waals surface area contributed by atoms with E-state index >= 15 is 0 Å². The Morgan fingerprint density at radius 1 is 0.914 bits per heavy atom. The van der Waals surface area contributed by atoms with Crippen molar-refractivity contribution >= 4 is 5.91 Å². The molecule has 1 amide bonds. The number of nitrogens with zero attached hydrogens (tertiary/aromatic N) is 3. The van der Waals surface area contributed by atoms with Crippen molar-refractivity contribution in [2.75, 3.05) is 7.05 Å². The van der Waals surface area contributed by atoms with Crippen LogP contribution in [0.1, 0.15) is 57.2 Å². The Hall–Kier alpha value is -3.70. The number of hydrogen-bond donors (Lipinski definition) is 0. The normalized spacial score (nSPS) is 12.0. The predicted molar refractivity (Wildman–Crippen MR) is 139 cm³/mol. The minimum Gasteiger partial charge on any atom is -0.447 e. The molecule has 0 unspecified atom stereocenters. The number of oxazole rings is 1. The van der Waals surface area contributed by atoms with Crippen molar-refractivity contribution in [1.29, 1.82) is 0 Å². The van der Waals surface area contributed by atoms with Gasteiger partial charge in [0.2, 0.25) is 5.89 Å². The molecule has 4 aromatic rings. The third-order valence-electron chi connectivity index (χ3n) is 6.43. The fourth-order valence-electron chi connectivity index (χ4n) is 4.24. The number of carbonyl (C=O) groups excluding carboxylic acids is 1. The third-order valence-corrected chi connectivity index (χ3v) is 6.43. The molecule has 0 saturated carbocycles. The molecule has 0 spiro atoms. The second-order valence-corrected chi connectivity index (χ2v) is 9.19. The molecule has 0 aliphatic rings. The van der Waals surface area contributed by atoms with Gasteiger partial charge in [0.1, 0.15) is 6.26 Å². The second kappa shape index (κ2) is 11.2. The van der Waals surface area contributed by atoms with E-state index in [1.54, 1.807) is 11.9 Å².